The lowest BCUT2D eigenvalue weighted by molar-refractivity contribution is -0.137. The standard InChI is InChI=1S/C17H28N4O2/c1-19-13-15(12-18-19)14-20-7-3-4-17(5-8-20)6-9-21(16(17)22)10-11-23-2/h12-13H,3-11,14H2,1-2H3/t17-/m1/s1. The predicted molar refractivity (Wildman–Crippen MR) is 87.8 cm³/mol. The fraction of sp³-hybridized carbons (Fsp3) is 0.765. The average molecular weight is 320 g/mol. The molecule has 128 valence electrons. The zero-order valence-electron chi connectivity index (χ0n) is 14.3. The summed E-state index contributed by atoms with van der Waals surface area (Å²) in [5.74, 6) is 0.359. The highest BCUT2D eigenvalue weighted by Crippen LogP contribution is 2.41. The number of ether oxygens (including phenoxy) is 1. The molecule has 23 heavy (non-hydrogen) atoms. The maximum atomic E-state index is 12.8. The highest BCUT2D eigenvalue weighted by atomic mass is 16.5. The van der Waals surface area contributed by atoms with Crippen LogP contribution in [-0.2, 0) is 23.1 Å². The first-order valence-corrected chi connectivity index (χ1v) is 8.61. The Balaban J connectivity index is 1.58. The summed E-state index contributed by atoms with van der Waals surface area (Å²) >= 11 is 0. The fourth-order valence-corrected chi connectivity index (χ4v) is 3.99. The molecule has 2 saturated heterocycles. The van der Waals surface area contributed by atoms with Crippen LogP contribution in [0.1, 0.15) is 31.2 Å². The molecule has 1 amide bonds. The third kappa shape index (κ3) is 3.58. The van der Waals surface area contributed by atoms with Crippen molar-refractivity contribution in [1.82, 2.24) is 19.6 Å². The molecule has 2 fully saturated rings. The SMILES string of the molecule is COCCN1CC[C@]2(CCCN(Cc3cnn(C)c3)CC2)C1=O. The van der Waals surface area contributed by atoms with Crippen molar-refractivity contribution in [2.75, 3.05) is 39.9 Å². The number of nitrogens with zero attached hydrogens (tertiary/aromatic N) is 4. The van der Waals surface area contributed by atoms with Gasteiger partial charge in [0.2, 0.25) is 5.91 Å². The summed E-state index contributed by atoms with van der Waals surface area (Å²) in [6, 6.07) is 0. The van der Waals surface area contributed by atoms with Crippen LogP contribution in [0.3, 0.4) is 0 Å². The Hall–Kier alpha value is -1.40. The number of methoxy groups -OCH3 is 1. The van der Waals surface area contributed by atoms with E-state index < -0.39 is 0 Å². The lowest BCUT2D eigenvalue weighted by Crippen LogP contribution is -2.37. The van der Waals surface area contributed by atoms with Gasteiger partial charge in [-0.25, -0.2) is 0 Å². The van der Waals surface area contributed by atoms with E-state index in [4.69, 9.17) is 4.74 Å². The number of carbonyl (C=O) groups excluding carboxylic acids is 1. The second kappa shape index (κ2) is 7.01. The number of likely N-dealkylation sites (tertiary alicyclic amines) is 2. The van der Waals surface area contributed by atoms with E-state index in [0.29, 0.717) is 12.5 Å². The number of amides is 1. The summed E-state index contributed by atoms with van der Waals surface area (Å²) < 4.78 is 6.98. The molecule has 0 N–H and O–H groups in total. The Morgan fingerprint density at radius 2 is 2.09 bits per heavy atom. The molecular weight excluding hydrogens is 292 g/mol. The Morgan fingerprint density at radius 1 is 1.26 bits per heavy atom. The van der Waals surface area contributed by atoms with Gasteiger partial charge in [0.05, 0.1) is 18.2 Å². The van der Waals surface area contributed by atoms with E-state index in [-0.39, 0.29) is 5.41 Å². The Bertz CT molecular complexity index is 544. The molecule has 0 radical (unpaired) electrons. The molecule has 1 atom stereocenters. The third-order valence-corrected chi connectivity index (χ3v) is 5.37. The summed E-state index contributed by atoms with van der Waals surface area (Å²) in [5.41, 5.74) is 1.14. The maximum Gasteiger partial charge on any atom is 0.228 e. The van der Waals surface area contributed by atoms with Crippen molar-refractivity contribution in [3.63, 3.8) is 0 Å². The maximum absolute atomic E-state index is 12.8. The molecule has 0 aromatic carbocycles. The summed E-state index contributed by atoms with van der Waals surface area (Å²) in [6.07, 6.45) is 8.14. The molecule has 2 aliphatic rings. The number of aromatic nitrogens is 2. The summed E-state index contributed by atoms with van der Waals surface area (Å²) in [4.78, 5) is 17.3. The van der Waals surface area contributed by atoms with E-state index >= 15 is 0 Å². The van der Waals surface area contributed by atoms with Gasteiger partial charge in [-0.3, -0.25) is 14.4 Å². The van der Waals surface area contributed by atoms with Crippen molar-refractivity contribution < 1.29 is 9.53 Å². The van der Waals surface area contributed by atoms with Gasteiger partial charge < -0.3 is 9.64 Å². The largest absolute Gasteiger partial charge is 0.383 e. The minimum absolute atomic E-state index is 0.114. The van der Waals surface area contributed by atoms with Crippen LogP contribution in [0.2, 0.25) is 0 Å². The summed E-state index contributed by atoms with van der Waals surface area (Å²) in [5, 5.41) is 4.24. The van der Waals surface area contributed by atoms with Crippen LogP contribution in [0, 0.1) is 5.41 Å². The smallest absolute Gasteiger partial charge is 0.228 e. The van der Waals surface area contributed by atoms with Crippen molar-refractivity contribution >= 4 is 5.91 Å². The molecule has 3 heterocycles. The van der Waals surface area contributed by atoms with Crippen LogP contribution in [0.25, 0.3) is 0 Å². The molecule has 0 bridgehead atoms. The molecule has 6 heteroatoms. The zero-order valence-corrected chi connectivity index (χ0v) is 14.3. The topological polar surface area (TPSA) is 50.6 Å². The van der Waals surface area contributed by atoms with Gasteiger partial charge in [-0.1, -0.05) is 0 Å². The third-order valence-electron chi connectivity index (χ3n) is 5.37. The molecule has 1 aromatic rings. The highest BCUT2D eigenvalue weighted by Gasteiger charge is 2.46. The molecule has 1 aromatic heterocycles. The van der Waals surface area contributed by atoms with E-state index in [1.54, 1.807) is 7.11 Å². The quantitative estimate of drug-likeness (QED) is 0.820. The van der Waals surface area contributed by atoms with Gasteiger partial charge in [0, 0.05) is 45.6 Å². The lowest BCUT2D eigenvalue weighted by atomic mass is 9.79. The molecule has 0 saturated carbocycles. The van der Waals surface area contributed by atoms with E-state index in [1.165, 1.54) is 5.56 Å². The van der Waals surface area contributed by atoms with Gasteiger partial charge >= 0.3 is 0 Å². The Labute approximate surface area is 138 Å². The fourth-order valence-electron chi connectivity index (χ4n) is 3.99. The van der Waals surface area contributed by atoms with Gasteiger partial charge in [-0.2, -0.15) is 5.10 Å². The van der Waals surface area contributed by atoms with Crippen LogP contribution in [0.5, 0.6) is 0 Å². The van der Waals surface area contributed by atoms with Crippen LogP contribution < -0.4 is 0 Å². The Morgan fingerprint density at radius 3 is 2.83 bits per heavy atom. The van der Waals surface area contributed by atoms with E-state index in [0.717, 1.165) is 58.4 Å². The average Bonchev–Trinajstić information content (AvgIpc) is 2.99. The van der Waals surface area contributed by atoms with E-state index in [9.17, 15) is 4.79 Å². The second-order valence-electron chi connectivity index (χ2n) is 6.97. The molecule has 0 unspecified atom stereocenters. The van der Waals surface area contributed by atoms with Crippen molar-refractivity contribution in [3.05, 3.63) is 18.0 Å². The molecular formula is C17H28N4O2. The van der Waals surface area contributed by atoms with Gasteiger partial charge in [0.15, 0.2) is 0 Å². The van der Waals surface area contributed by atoms with Crippen LogP contribution in [0.4, 0.5) is 0 Å². The van der Waals surface area contributed by atoms with E-state index in [2.05, 4.69) is 16.2 Å². The van der Waals surface area contributed by atoms with Crippen LogP contribution in [0.15, 0.2) is 12.4 Å². The summed E-state index contributed by atoms with van der Waals surface area (Å²) in [7, 11) is 3.64. The van der Waals surface area contributed by atoms with Gasteiger partial charge in [0.1, 0.15) is 0 Å². The number of carbonyl (C=O) groups is 1. The molecule has 6 nitrogen and oxygen atoms in total. The number of aryl methyl sites for hydroxylation is 1. The van der Waals surface area contributed by atoms with Gasteiger partial charge in [-0.05, 0) is 38.8 Å². The first-order chi connectivity index (χ1) is 11.1. The van der Waals surface area contributed by atoms with Crippen molar-refractivity contribution in [3.8, 4) is 0 Å². The Kier molecular flexibility index (Phi) is 5.02. The molecule has 3 rings (SSSR count). The first-order valence-electron chi connectivity index (χ1n) is 8.61. The number of rotatable bonds is 5. The minimum atomic E-state index is -0.114. The normalized spacial score (nSPS) is 26.2. The lowest BCUT2D eigenvalue weighted by Gasteiger charge is -2.26. The van der Waals surface area contributed by atoms with Crippen molar-refractivity contribution in [2.24, 2.45) is 12.5 Å². The molecule has 1 spiro atoms. The molecule has 2 aliphatic heterocycles. The molecule has 0 aliphatic carbocycles. The van der Waals surface area contributed by atoms with Crippen LogP contribution in [-0.4, -0.2) is 65.4 Å². The summed E-state index contributed by atoms with van der Waals surface area (Å²) in [6.45, 7) is 5.27. The van der Waals surface area contributed by atoms with Crippen LogP contribution >= 0.6 is 0 Å². The van der Waals surface area contributed by atoms with E-state index in [1.807, 2.05) is 22.8 Å². The highest BCUT2D eigenvalue weighted by molar-refractivity contribution is 5.84. The first kappa shape index (κ1) is 16.5. The number of hydrogen-bond acceptors (Lipinski definition) is 4. The van der Waals surface area contributed by atoms with Gasteiger partial charge in [-0.15, -0.1) is 0 Å². The van der Waals surface area contributed by atoms with Crippen molar-refractivity contribution in [1.29, 1.82) is 0 Å². The van der Waals surface area contributed by atoms with Gasteiger partial charge in [0.25, 0.3) is 0 Å². The minimum Gasteiger partial charge on any atom is -0.383 e. The second-order valence-corrected chi connectivity index (χ2v) is 6.97. The predicted octanol–water partition coefficient (Wildman–Crippen LogP) is 1.27. The van der Waals surface area contributed by atoms with Crippen molar-refractivity contribution in [2.45, 2.75) is 32.2 Å². The number of hydrogen-bond donors (Lipinski definition) is 0. The zero-order chi connectivity index (χ0) is 16.3. The monoisotopic (exact) mass is 320 g/mol.